The molecule has 0 aliphatic rings. The first-order valence-electron chi connectivity index (χ1n) is 13.4. The lowest BCUT2D eigenvalue weighted by Gasteiger charge is -2.19. The third-order valence-electron chi connectivity index (χ3n) is 6.38. The van der Waals surface area contributed by atoms with Crippen molar-refractivity contribution in [2.75, 3.05) is 18.5 Å². The van der Waals surface area contributed by atoms with Crippen LogP contribution in [0, 0.1) is 0 Å². The smallest absolute Gasteiger partial charge is 0.305 e. The fraction of sp³-hybridized carbons (Fsp3) is 0.419. The number of hydrogen-bond donors (Lipinski definition) is 1. The van der Waals surface area contributed by atoms with E-state index in [1.807, 2.05) is 6.92 Å². The maximum absolute atomic E-state index is 12.6. The zero-order valence-electron chi connectivity index (χ0n) is 22.6. The average molecular weight is 505 g/mol. The third-order valence-corrected chi connectivity index (χ3v) is 6.38. The van der Waals surface area contributed by atoms with Gasteiger partial charge >= 0.3 is 5.97 Å². The number of aromatic nitrogens is 1. The molecule has 1 N–H and O–H groups in total. The van der Waals surface area contributed by atoms with E-state index in [-0.39, 0.29) is 11.9 Å². The minimum Gasteiger partial charge on any atom is -0.494 e. The van der Waals surface area contributed by atoms with E-state index in [2.05, 4.69) is 54.2 Å². The van der Waals surface area contributed by atoms with Crippen molar-refractivity contribution in [3.63, 3.8) is 0 Å². The third kappa shape index (κ3) is 8.24. The van der Waals surface area contributed by atoms with Gasteiger partial charge in [0.15, 0.2) is 0 Å². The number of carbonyl (C=O) groups excluding carboxylic acids is 2. The molecule has 0 unspecified atom stereocenters. The summed E-state index contributed by atoms with van der Waals surface area (Å²) in [5.41, 5.74) is 3.89. The van der Waals surface area contributed by atoms with E-state index in [0.717, 1.165) is 11.1 Å². The normalized spacial score (nSPS) is 11.6. The van der Waals surface area contributed by atoms with Crippen molar-refractivity contribution in [3.8, 4) is 5.75 Å². The standard InChI is InChI=1S/C31H40N2O4/c1-5-9-27(10-6-2)33-19-18-25-22-24(12-17-29(25)33)23(4)21-30(34)32-26-13-15-28(16-14-26)37-20-8-11-31(35)36-7-3/h12-19,21-22,27H,5-11,20H2,1-4H3,(H,32,34)/b23-21+. The van der Waals surface area contributed by atoms with Crippen LogP contribution in [0.5, 0.6) is 5.75 Å². The quantitative estimate of drug-likeness (QED) is 0.140. The largest absolute Gasteiger partial charge is 0.494 e. The number of carbonyl (C=O) groups is 2. The minimum atomic E-state index is -0.210. The number of rotatable bonds is 14. The molecule has 0 spiro atoms. The molecule has 0 fully saturated rings. The zero-order chi connectivity index (χ0) is 26.6. The molecule has 6 heteroatoms. The molecule has 1 aromatic heterocycles. The number of ether oxygens (including phenoxy) is 2. The summed E-state index contributed by atoms with van der Waals surface area (Å²) in [6.07, 6.45) is 9.47. The Morgan fingerprint density at radius 3 is 2.41 bits per heavy atom. The zero-order valence-corrected chi connectivity index (χ0v) is 22.6. The van der Waals surface area contributed by atoms with Crippen LogP contribution in [-0.4, -0.2) is 29.7 Å². The van der Waals surface area contributed by atoms with Crippen LogP contribution in [0.25, 0.3) is 16.5 Å². The number of hydrogen-bond acceptors (Lipinski definition) is 4. The van der Waals surface area contributed by atoms with Gasteiger partial charge in [0, 0.05) is 41.3 Å². The van der Waals surface area contributed by atoms with Crippen LogP contribution in [0.2, 0.25) is 0 Å². The van der Waals surface area contributed by atoms with E-state index in [4.69, 9.17) is 9.47 Å². The van der Waals surface area contributed by atoms with Gasteiger partial charge in [-0.1, -0.05) is 32.8 Å². The van der Waals surface area contributed by atoms with E-state index in [1.165, 1.54) is 36.6 Å². The van der Waals surface area contributed by atoms with Gasteiger partial charge in [-0.2, -0.15) is 0 Å². The molecule has 2 aromatic carbocycles. The number of esters is 1. The van der Waals surface area contributed by atoms with Crippen LogP contribution in [-0.2, 0) is 14.3 Å². The van der Waals surface area contributed by atoms with E-state index >= 15 is 0 Å². The second-order valence-corrected chi connectivity index (χ2v) is 9.33. The van der Waals surface area contributed by atoms with Crippen molar-refractivity contribution < 1.29 is 19.1 Å². The monoisotopic (exact) mass is 504 g/mol. The van der Waals surface area contributed by atoms with Gasteiger partial charge in [0.05, 0.1) is 13.2 Å². The summed E-state index contributed by atoms with van der Waals surface area (Å²) in [7, 11) is 0. The highest BCUT2D eigenvalue weighted by Gasteiger charge is 2.12. The highest BCUT2D eigenvalue weighted by atomic mass is 16.5. The van der Waals surface area contributed by atoms with Crippen molar-refractivity contribution in [1.82, 2.24) is 4.57 Å². The van der Waals surface area contributed by atoms with Crippen LogP contribution in [0.3, 0.4) is 0 Å². The number of nitrogens with one attached hydrogen (secondary N) is 1. The Bertz CT molecular complexity index is 1190. The van der Waals surface area contributed by atoms with Crippen LogP contribution in [0.15, 0.2) is 60.8 Å². The fourth-order valence-electron chi connectivity index (χ4n) is 4.55. The van der Waals surface area contributed by atoms with E-state index in [0.29, 0.717) is 43.5 Å². The highest BCUT2D eigenvalue weighted by molar-refractivity contribution is 6.04. The SMILES string of the molecule is CCCC(CCC)n1ccc2cc(/C(C)=C/C(=O)Nc3ccc(OCCCC(=O)OCC)cc3)ccc21. The van der Waals surface area contributed by atoms with Gasteiger partial charge in [-0.05, 0) is 86.7 Å². The van der Waals surface area contributed by atoms with E-state index < -0.39 is 0 Å². The molecule has 37 heavy (non-hydrogen) atoms. The van der Waals surface area contributed by atoms with Gasteiger partial charge in [-0.15, -0.1) is 0 Å². The number of amides is 1. The fourth-order valence-corrected chi connectivity index (χ4v) is 4.55. The molecule has 0 bridgehead atoms. The summed E-state index contributed by atoms with van der Waals surface area (Å²) in [5, 5.41) is 4.11. The molecule has 3 rings (SSSR count). The van der Waals surface area contributed by atoms with E-state index in [9.17, 15) is 9.59 Å². The number of nitrogens with zero attached hydrogens (tertiary/aromatic N) is 1. The summed E-state index contributed by atoms with van der Waals surface area (Å²) in [6, 6.07) is 16.4. The second-order valence-electron chi connectivity index (χ2n) is 9.33. The lowest BCUT2D eigenvalue weighted by atomic mass is 10.0. The predicted molar refractivity (Wildman–Crippen MR) is 151 cm³/mol. The lowest BCUT2D eigenvalue weighted by Crippen LogP contribution is -2.09. The molecule has 1 heterocycles. The molecule has 0 saturated heterocycles. The maximum Gasteiger partial charge on any atom is 0.305 e. The Labute approximate surface area is 220 Å². The Morgan fingerprint density at radius 2 is 1.73 bits per heavy atom. The van der Waals surface area contributed by atoms with Crippen molar-refractivity contribution in [2.45, 2.75) is 72.3 Å². The van der Waals surface area contributed by atoms with Gasteiger partial charge in [0.2, 0.25) is 5.91 Å². The molecule has 3 aromatic rings. The molecule has 0 aliphatic carbocycles. The van der Waals surface area contributed by atoms with Gasteiger partial charge in [-0.25, -0.2) is 0 Å². The summed E-state index contributed by atoms with van der Waals surface area (Å²) >= 11 is 0. The van der Waals surface area contributed by atoms with Crippen molar-refractivity contribution in [2.24, 2.45) is 0 Å². The lowest BCUT2D eigenvalue weighted by molar-refractivity contribution is -0.143. The molecule has 0 aliphatic heterocycles. The summed E-state index contributed by atoms with van der Waals surface area (Å²) < 4.78 is 13.0. The summed E-state index contributed by atoms with van der Waals surface area (Å²) in [4.78, 5) is 24.0. The number of benzene rings is 2. The van der Waals surface area contributed by atoms with Crippen LogP contribution in [0.4, 0.5) is 5.69 Å². The molecular weight excluding hydrogens is 464 g/mol. The van der Waals surface area contributed by atoms with Gasteiger partial charge in [0.25, 0.3) is 0 Å². The Balaban J connectivity index is 1.57. The van der Waals surface area contributed by atoms with Gasteiger partial charge in [-0.3, -0.25) is 9.59 Å². The molecule has 198 valence electrons. The minimum absolute atomic E-state index is 0.177. The van der Waals surface area contributed by atoms with Crippen LogP contribution in [0.1, 0.15) is 77.8 Å². The first-order valence-corrected chi connectivity index (χ1v) is 13.4. The summed E-state index contributed by atoms with van der Waals surface area (Å²) in [5.74, 6) is 0.302. The molecule has 1 amide bonds. The second kappa shape index (κ2) is 14.3. The Kier molecular flexibility index (Phi) is 10.8. The number of fused-ring (bicyclic) bond motifs is 1. The molecule has 0 saturated carbocycles. The van der Waals surface area contributed by atoms with E-state index in [1.54, 1.807) is 37.3 Å². The molecule has 0 atom stereocenters. The van der Waals surface area contributed by atoms with Crippen molar-refractivity contribution >= 4 is 34.0 Å². The van der Waals surface area contributed by atoms with Crippen molar-refractivity contribution in [3.05, 3.63) is 66.4 Å². The maximum atomic E-state index is 12.6. The van der Waals surface area contributed by atoms with Gasteiger partial charge < -0.3 is 19.4 Å². The molecule has 0 radical (unpaired) electrons. The average Bonchev–Trinajstić information content (AvgIpc) is 3.31. The van der Waals surface area contributed by atoms with Crippen LogP contribution >= 0.6 is 0 Å². The first kappa shape index (κ1) is 28.0. The first-order chi connectivity index (χ1) is 17.9. The molecular formula is C31H40N2O4. The Morgan fingerprint density at radius 1 is 1.00 bits per heavy atom. The van der Waals surface area contributed by atoms with Gasteiger partial charge in [0.1, 0.15) is 5.75 Å². The summed E-state index contributed by atoms with van der Waals surface area (Å²) in [6.45, 7) is 9.05. The molecule has 6 nitrogen and oxygen atoms in total. The van der Waals surface area contributed by atoms with Crippen molar-refractivity contribution in [1.29, 1.82) is 0 Å². The predicted octanol–water partition coefficient (Wildman–Crippen LogP) is 7.55. The number of allylic oxidation sites excluding steroid dienone is 1. The number of anilines is 1. The Hall–Kier alpha value is -3.54. The van der Waals surface area contributed by atoms with Crippen LogP contribution < -0.4 is 10.1 Å². The highest BCUT2D eigenvalue weighted by Crippen LogP contribution is 2.28. The topological polar surface area (TPSA) is 69.6 Å².